The first kappa shape index (κ1) is 17.6. The molecule has 116 valence electrons. The van der Waals surface area contributed by atoms with Crippen molar-refractivity contribution >= 4 is 0 Å². The molecule has 0 saturated heterocycles. The van der Waals surface area contributed by atoms with Crippen molar-refractivity contribution in [2.24, 2.45) is 0 Å². The average molecular weight is 290 g/mol. The van der Waals surface area contributed by atoms with E-state index in [1.54, 1.807) is 0 Å². The first-order valence-electron chi connectivity index (χ1n) is 7.20. The maximum Gasteiger partial charge on any atom is 0.110 e. The molecular formula is C18H26O3. The van der Waals surface area contributed by atoms with Crippen LogP contribution in [0.2, 0.25) is 0 Å². The highest BCUT2D eigenvalue weighted by Gasteiger charge is 2.27. The van der Waals surface area contributed by atoms with Gasteiger partial charge in [0.1, 0.15) is 6.10 Å². The SMILES string of the molecule is C=C(C)C[C@@H](O)C(OCc1ccccc1)[C@H](O)CC(=C)C. The predicted octanol–water partition coefficient (Wildman–Crippen LogP) is 3.23. The smallest absolute Gasteiger partial charge is 0.110 e. The molecular weight excluding hydrogens is 264 g/mol. The lowest BCUT2D eigenvalue weighted by Gasteiger charge is -2.28. The molecule has 0 aliphatic carbocycles. The van der Waals surface area contributed by atoms with E-state index in [1.165, 1.54) is 0 Å². The van der Waals surface area contributed by atoms with Crippen molar-refractivity contribution < 1.29 is 14.9 Å². The van der Waals surface area contributed by atoms with Gasteiger partial charge in [0.25, 0.3) is 0 Å². The molecule has 1 rings (SSSR count). The summed E-state index contributed by atoms with van der Waals surface area (Å²) >= 11 is 0. The molecule has 2 atom stereocenters. The number of aliphatic hydroxyl groups is 2. The lowest BCUT2D eigenvalue weighted by Crippen LogP contribution is -2.40. The minimum Gasteiger partial charge on any atom is -0.390 e. The molecule has 0 spiro atoms. The number of hydrogen-bond donors (Lipinski definition) is 2. The summed E-state index contributed by atoms with van der Waals surface area (Å²) in [6.07, 6.45) is -1.39. The zero-order valence-electron chi connectivity index (χ0n) is 13.0. The largest absolute Gasteiger partial charge is 0.390 e. The third kappa shape index (κ3) is 6.71. The Labute approximate surface area is 127 Å². The van der Waals surface area contributed by atoms with E-state index < -0.39 is 18.3 Å². The van der Waals surface area contributed by atoms with E-state index in [4.69, 9.17) is 4.74 Å². The van der Waals surface area contributed by atoms with Crippen LogP contribution < -0.4 is 0 Å². The van der Waals surface area contributed by atoms with E-state index in [1.807, 2.05) is 44.2 Å². The van der Waals surface area contributed by atoms with Crippen LogP contribution in [-0.4, -0.2) is 28.5 Å². The van der Waals surface area contributed by atoms with Crippen LogP contribution in [-0.2, 0) is 11.3 Å². The Bertz CT molecular complexity index is 431. The zero-order valence-corrected chi connectivity index (χ0v) is 13.0. The van der Waals surface area contributed by atoms with Crippen molar-refractivity contribution in [3.8, 4) is 0 Å². The van der Waals surface area contributed by atoms with Crippen molar-refractivity contribution in [3.63, 3.8) is 0 Å². The fourth-order valence-corrected chi connectivity index (χ4v) is 2.19. The second-order valence-electron chi connectivity index (χ2n) is 5.72. The quantitative estimate of drug-likeness (QED) is 0.687. The Morgan fingerprint density at radius 2 is 1.48 bits per heavy atom. The van der Waals surface area contributed by atoms with Gasteiger partial charge in [0, 0.05) is 0 Å². The summed E-state index contributed by atoms with van der Waals surface area (Å²) in [5, 5.41) is 20.5. The van der Waals surface area contributed by atoms with E-state index >= 15 is 0 Å². The lowest BCUT2D eigenvalue weighted by atomic mass is 9.97. The summed E-state index contributed by atoms with van der Waals surface area (Å²) < 4.78 is 5.77. The molecule has 0 unspecified atom stereocenters. The Balaban J connectivity index is 2.70. The van der Waals surface area contributed by atoms with E-state index in [0.717, 1.165) is 16.7 Å². The second-order valence-corrected chi connectivity index (χ2v) is 5.72. The molecule has 0 bridgehead atoms. The van der Waals surface area contributed by atoms with Gasteiger partial charge in [0.2, 0.25) is 0 Å². The number of aliphatic hydroxyl groups excluding tert-OH is 2. The summed E-state index contributed by atoms with van der Waals surface area (Å²) in [5.41, 5.74) is 2.73. The number of benzene rings is 1. The first-order chi connectivity index (χ1) is 9.90. The Morgan fingerprint density at radius 1 is 1.00 bits per heavy atom. The average Bonchev–Trinajstić information content (AvgIpc) is 2.38. The van der Waals surface area contributed by atoms with Crippen LogP contribution in [0.3, 0.4) is 0 Å². The molecule has 0 amide bonds. The minimum absolute atomic E-state index is 0.353. The van der Waals surface area contributed by atoms with Crippen LogP contribution in [0.4, 0.5) is 0 Å². The highest BCUT2D eigenvalue weighted by atomic mass is 16.5. The minimum atomic E-state index is -0.777. The zero-order chi connectivity index (χ0) is 15.8. The standard InChI is InChI=1S/C18H26O3/c1-13(2)10-16(19)18(17(20)11-14(3)4)21-12-15-8-6-5-7-9-15/h5-9,16-20H,1,3,10-12H2,2,4H3/t16-,17-/m1/s1. The lowest BCUT2D eigenvalue weighted by molar-refractivity contribution is -0.105. The topological polar surface area (TPSA) is 49.7 Å². The van der Waals surface area contributed by atoms with Gasteiger partial charge in [-0.3, -0.25) is 0 Å². The molecule has 0 heterocycles. The molecule has 1 aromatic carbocycles. The van der Waals surface area contributed by atoms with Crippen molar-refractivity contribution in [3.05, 3.63) is 60.2 Å². The number of hydrogen-bond acceptors (Lipinski definition) is 3. The van der Waals surface area contributed by atoms with E-state index in [-0.39, 0.29) is 0 Å². The molecule has 3 nitrogen and oxygen atoms in total. The van der Waals surface area contributed by atoms with Crippen LogP contribution in [0.1, 0.15) is 32.3 Å². The summed E-state index contributed by atoms with van der Waals surface area (Å²) in [7, 11) is 0. The molecule has 0 fully saturated rings. The Hall–Kier alpha value is -1.42. The number of ether oxygens (including phenoxy) is 1. The maximum absolute atomic E-state index is 10.3. The molecule has 0 radical (unpaired) electrons. The normalized spacial score (nSPS) is 14.0. The van der Waals surface area contributed by atoms with Gasteiger partial charge in [-0.1, -0.05) is 41.5 Å². The third-order valence-electron chi connectivity index (χ3n) is 3.16. The van der Waals surface area contributed by atoms with Gasteiger partial charge in [-0.25, -0.2) is 0 Å². The fourth-order valence-electron chi connectivity index (χ4n) is 2.19. The Morgan fingerprint density at radius 3 is 1.90 bits per heavy atom. The number of rotatable bonds is 9. The molecule has 21 heavy (non-hydrogen) atoms. The monoisotopic (exact) mass is 290 g/mol. The highest BCUT2D eigenvalue weighted by molar-refractivity contribution is 5.13. The molecule has 0 aliphatic heterocycles. The summed E-state index contributed by atoms with van der Waals surface area (Å²) in [4.78, 5) is 0. The van der Waals surface area contributed by atoms with E-state index in [0.29, 0.717) is 19.4 Å². The summed E-state index contributed by atoms with van der Waals surface area (Å²) in [6.45, 7) is 11.7. The third-order valence-corrected chi connectivity index (χ3v) is 3.16. The summed E-state index contributed by atoms with van der Waals surface area (Å²) in [5.74, 6) is 0. The molecule has 0 aliphatic rings. The van der Waals surface area contributed by atoms with Gasteiger partial charge in [-0.15, -0.1) is 13.2 Å². The van der Waals surface area contributed by atoms with Crippen LogP contribution in [0.25, 0.3) is 0 Å². The van der Waals surface area contributed by atoms with Gasteiger partial charge < -0.3 is 14.9 Å². The van der Waals surface area contributed by atoms with Gasteiger partial charge in [0.05, 0.1) is 18.8 Å². The first-order valence-corrected chi connectivity index (χ1v) is 7.20. The van der Waals surface area contributed by atoms with E-state index in [9.17, 15) is 10.2 Å². The molecule has 0 aromatic heterocycles. The predicted molar refractivity (Wildman–Crippen MR) is 85.9 cm³/mol. The maximum atomic E-state index is 10.3. The van der Waals surface area contributed by atoms with Gasteiger partial charge in [-0.2, -0.15) is 0 Å². The van der Waals surface area contributed by atoms with Crippen molar-refractivity contribution in [2.75, 3.05) is 0 Å². The van der Waals surface area contributed by atoms with Gasteiger partial charge >= 0.3 is 0 Å². The molecule has 1 aromatic rings. The van der Waals surface area contributed by atoms with Crippen LogP contribution in [0.15, 0.2) is 54.6 Å². The van der Waals surface area contributed by atoms with E-state index in [2.05, 4.69) is 13.2 Å². The second kappa shape index (κ2) is 8.78. The van der Waals surface area contributed by atoms with Crippen LogP contribution in [0.5, 0.6) is 0 Å². The molecule has 0 saturated carbocycles. The fraction of sp³-hybridized carbons (Fsp3) is 0.444. The van der Waals surface area contributed by atoms with Gasteiger partial charge in [-0.05, 0) is 32.3 Å². The highest BCUT2D eigenvalue weighted by Crippen LogP contribution is 2.18. The van der Waals surface area contributed by atoms with Crippen LogP contribution >= 0.6 is 0 Å². The van der Waals surface area contributed by atoms with Crippen molar-refractivity contribution in [1.82, 2.24) is 0 Å². The van der Waals surface area contributed by atoms with Crippen molar-refractivity contribution in [1.29, 1.82) is 0 Å². The van der Waals surface area contributed by atoms with Crippen molar-refractivity contribution in [2.45, 2.75) is 51.6 Å². The van der Waals surface area contributed by atoms with Crippen LogP contribution in [0, 0.1) is 0 Å². The summed E-state index contributed by atoms with van der Waals surface area (Å²) in [6, 6.07) is 9.71. The Kier molecular flexibility index (Phi) is 7.37. The molecule has 3 heteroatoms. The van der Waals surface area contributed by atoms with Gasteiger partial charge in [0.15, 0.2) is 0 Å². The molecule has 2 N–H and O–H groups in total.